The third-order valence-electron chi connectivity index (χ3n) is 6.13. The number of fused-ring (bicyclic) bond motifs is 1. The average Bonchev–Trinajstić information content (AvgIpc) is 3.71. The lowest BCUT2D eigenvalue weighted by molar-refractivity contribution is 0.125. The molecular weight excluding hydrogens is 376 g/mol. The Morgan fingerprint density at radius 2 is 1.90 bits per heavy atom. The molecule has 2 aliphatic carbocycles. The van der Waals surface area contributed by atoms with Gasteiger partial charge in [-0.05, 0) is 66.7 Å². The second-order valence-corrected chi connectivity index (χ2v) is 8.42. The van der Waals surface area contributed by atoms with Crippen LogP contribution in [0.4, 0.5) is 4.79 Å². The normalized spacial score (nSPS) is 17.1. The van der Waals surface area contributed by atoms with Crippen LogP contribution in [0.5, 0.6) is 0 Å². The molecule has 5 nitrogen and oxygen atoms in total. The van der Waals surface area contributed by atoms with Gasteiger partial charge in [0.1, 0.15) is 18.2 Å². The Labute approximate surface area is 176 Å². The maximum Gasteiger partial charge on any atom is 0.408 e. The topological polar surface area (TPSA) is 64.4 Å². The van der Waals surface area contributed by atoms with Gasteiger partial charge in [0.2, 0.25) is 5.89 Å². The smallest absolute Gasteiger partial charge is 0.408 e. The molecule has 1 unspecified atom stereocenters. The van der Waals surface area contributed by atoms with Crippen molar-refractivity contribution in [2.24, 2.45) is 17.8 Å². The second kappa shape index (κ2) is 7.98. The fraction of sp³-hybridized carbons (Fsp3) is 0.360. The number of amides is 1. The summed E-state index contributed by atoms with van der Waals surface area (Å²) in [4.78, 5) is 17.4. The van der Waals surface area contributed by atoms with Crippen LogP contribution in [0.15, 0.2) is 59.5 Å². The van der Waals surface area contributed by atoms with Crippen molar-refractivity contribution < 1.29 is 13.9 Å². The number of aromatic nitrogens is 1. The van der Waals surface area contributed by atoms with Crippen molar-refractivity contribution in [1.82, 2.24) is 10.3 Å². The van der Waals surface area contributed by atoms with Crippen molar-refractivity contribution in [3.05, 3.63) is 72.1 Å². The third-order valence-corrected chi connectivity index (χ3v) is 6.13. The average molecular weight is 402 g/mol. The van der Waals surface area contributed by atoms with E-state index in [9.17, 15) is 4.79 Å². The lowest BCUT2D eigenvalue weighted by Crippen LogP contribution is -2.36. The largest absolute Gasteiger partial charge is 0.445 e. The molecule has 5 heteroatoms. The van der Waals surface area contributed by atoms with E-state index in [0.29, 0.717) is 23.6 Å². The number of carbonyl (C=O) groups is 1. The van der Waals surface area contributed by atoms with E-state index >= 15 is 0 Å². The summed E-state index contributed by atoms with van der Waals surface area (Å²) in [6.45, 7) is 4.07. The summed E-state index contributed by atoms with van der Waals surface area (Å²) in [6, 6.07) is 15.3. The Balaban J connectivity index is 1.39. The standard InChI is InChI=1S/C25H26N2O3/c1-2-16-8-13-21-20(14-16)26-24(30-21)23(22(18-9-10-18)19-11-12-19)27-25(28)29-15-17-6-4-3-5-7-17/h2-8,13-14,18-19,22-23H,1,9-12,15H2,(H,27,28). The van der Waals surface area contributed by atoms with Crippen LogP contribution in [0.2, 0.25) is 0 Å². The molecule has 2 aromatic carbocycles. The number of ether oxygens (including phenoxy) is 1. The van der Waals surface area contributed by atoms with Gasteiger partial charge in [-0.25, -0.2) is 9.78 Å². The monoisotopic (exact) mass is 402 g/mol. The molecule has 1 heterocycles. The van der Waals surface area contributed by atoms with Gasteiger partial charge in [0.15, 0.2) is 5.58 Å². The van der Waals surface area contributed by atoms with Crippen LogP contribution in [0.3, 0.4) is 0 Å². The Morgan fingerprint density at radius 3 is 2.57 bits per heavy atom. The SMILES string of the molecule is C=Cc1ccc2oc(C(NC(=O)OCc3ccccc3)C(C3CC3)C3CC3)nc2c1. The van der Waals surface area contributed by atoms with Crippen molar-refractivity contribution in [1.29, 1.82) is 0 Å². The molecule has 0 bridgehead atoms. The van der Waals surface area contributed by atoms with Crippen molar-refractivity contribution >= 4 is 23.3 Å². The molecular formula is C25H26N2O3. The van der Waals surface area contributed by atoms with Crippen LogP contribution < -0.4 is 5.32 Å². The summed E-state index contributed by atoms with van der Waals surface area (Å²) in [6.07, 6.45) is 6.20. The summed E-state index contributed by atoms with van der Waals surface area (Å²) in [5, 5.41) is 3.10. The number of hydrogen-bond acceptors (Lipinski definition) is 4. The number of oxazole rings is 1. The van der Waals surface area contributed by atoms with Crippen molar-refractivity contribution in [3.8, 4) is 0 Å². The Hall–Kier alpha value is -3.08. The van der Waals surface area contributed by atoms with Crippen LogP contribution in [0, 0.1) is 17.8 Å². The lowest BCUT2D eigenvalue weighted by Gasteiger charge is -2.25. The maximum atomic E-state index is 12.7. The van der Waals surface area contributed by atoms with E-state index in [1.165, 1.54) is 25.7 Å². The van der Waals surface area contributed by atoms with Crippen molar-refractivity contribution in [2.75, 3.05) is 0 Å². The summed E-state index contributed by atoms with van der Waals surface area (Å²) in [7, 11) is 0. The molecule has 0 saturated heterocycles. The first-order chi connectivity index (χ1) is 14.7. The van der Waals surface area contributed by atoms with E-state index < -0.39 is 6.09 Å². The molecule has 0 radical (unpaired) electrons. The number of hydrogen-bond donors (Lipinski definition) is 1. The summed E-state index contributed by atoms with van der Waals surface area (Å²) in [5.74, 6) is 2.17. The molecule has 30 heavy (non-hydrogen) atoms. The lowest BCUT2D eigenvalue weighted by atomic mass is 9.89. The summed E-state index contributed by atoms with van der Waals surface area (Å²) < 4.78 is 11.6. The minimum Gasteiger partial charge on any atom is -0.445 e. The van der Waals surface area contributed by atoms with E-state index in [0.717, 1.165) is 22.2 Å². The molecule has 3 aromatic rings. The number of alkyl carbamates (subject to hydrolysis) is 1. The number of benzene rings is 2. The predicted molar refractivity (Wildman–Crippen MR) is 116 cm³/mol. The van der Waals surface area contributed by atoms with E-state index in [2.05, 4.69) is 11.9 Å². The molecule has 1 N–H and O–H groups in total. The predicted octanol–water partition coefficient (Wildman–Crippen LogP) is 5.87. The van der Waals surface area contributed by atoms with Crippen LogP contribution >= 0.6 is 0 Å². The summed E-state index contributed by atoms with van der Waals surface area (Å²) >= 11 is 0. The van der Waals surface area contributed by atoms with Gasteiger partial charge in [-0.1, -0.05) is 49.1 Å². The molecule has 1 aromatic heterocycles. The Morgan fingerprint density at radius 1 is 1.17 bits per heavy atom. The third kappa shape index (κ3) is 4.11. The minimum absolute atomic E-state index is 0.243. The quantitative estimate of drug-likeness (QED) is 0.511. The number of rotatable bonds is 8. The highest BCUT2D eigenvalue weighted by Crippen LogP contribution is 2.54. The first-order valence-corrected chi connectivity index (χ1v) is 10.7. The van der Waals surface area contributed by atoms with Crippen LogP contribution in [0.1, 0.15) is 48.7 Å². The highest BCUT2D eigenvalue weighted by molar-refractivity contribution is 5.76. The second-order valence-electron chi connectivity index (χ2n) is 8.42. The highest BCUT2D eigenvalue weighted by atomic mass is 16.5. The minimum atomic E-state index is -0.427. The Bertz CT molecular complexity index is 1040. The number of carbonyl (C=O) groups excluding carboxylic acids is 1. The molecule has 2 aliphatic rings. The highest BCUT2D eigenvalue weighted by Gasteiger charge is 2.48. The Kier molecular flexibility index (Phi) is 5.03. The zero-order valence-corrected chi connectivity index (χ0v) is 16.9. The first kappa shape index (κ1) is 18.9. The van der Waals surface area contributed by atoms with Gasteiger partial charge in [-0.15, -0.1) is 0 Å². The van der Waals surface area contributed by atoms with Crippen LogP contribution in [-0.4, -0.2) is 11.1 Å². The van der Waals surface area contributed by atoms with Gasteiger partial charge in [-0.2, -0.15) is 0 Å². The summed E-state index contributed by atoms with van der Waals surface area (Å²) in [5.41, 5.74) is 3.47. The first-order valence-electron chi connectivity index (χ1n) is 10.7. The molecule has 5 rings (SSSR count). The van der Waals surface area contributed by atoms with Gasteiger partial charge in [0.25, 0.3) is 0 Å². The van der Waals surface area contributed by atoms with Crippen LogP contribution in [0.25, 0.3) is 17.2 Å². The molecule has 0 aliphatic heterocycles. The van der Waals surface area contributed by atoms with Gasteiger partial charge >= 0.3 is 6.09 Å². The van der Waals surface area contributed by atoms with Gasteiger partial charge in [0.05, 0.1) is 0 Å². The molecule has 2 fully saturated rings. The molecule has 1 atom stereocenters. The molecule has 154 valence electrons. The zero-order valence-electron chi connectivity index (χ0n) is 16.9. The number of nitrogens with one attached hydrogen (secondary N) is 1. The van der Waals surface area contributed by atoms with Gasteiger partial charge in [0, 0.05) is 0 Å². The van der Waals surface area contributed by atoms with Gasteiger partial charge < -0.3 is 14.5 Å². The number of nitrogens with zero attached hydrogens (tertiary/aromatic N) is 1. The van der Waals surface area contributed by atoms with Crippen molar-refractivity contribution in [3.63, 3.8) is 0 Å². The van der Waals surface area contributed by atoms with Crippen molar-refractivity contribution in [2.45, 2.75) is 38.3 Å². The fourth-order valence-corrected chi connectivity index (χ4v) is 4.33. The molecule has 0 spiro atoms. The van der Waals surface area contributed by atoms with E-state index in [4.69, 9.17) is 14.1 Å². The molecule has 2 saturated carbocycles. The van der Waals surface area contributed by atoms with E-state index in [1.807, 2.05) is 48.5 Å². The molecule has 1 amide bonds. The zero-order chi connectivity index (χ0) is 20.5. The van der Waals surface area contributed by atoms with E-state index in [-0.39, 0.29) is 12.6 Å². The van der Waals surface area contributed by atoms with E-state index in [1.54, 1.807) is 6.08 Å². The fourth-order valence-electron chi connectivity index (χ4n) is 4.33. The van der Waals surface area contributed by atoms with Gasteiger partial charge in [-0.3, -0.25) is 0 Å². The maximum absolute atomic E-state index is 12.7. The van der Waals surface area contributed by atoms with Crippen LogP contribution in [-0.2, 0) is 11.3 Å².